The van der Waals surface area contributed by atoms with Gasteiger partial charge in [0.1, 0.15) is 4.88 Å². The van der Waals surface area contributed by atoms with E-state index in [4.69, 9.17) is 0 Å². The van der Waals surface area contributed by atoms with Crippen molar-refractivity contribution >= 4 is 23.1 Å². The minimum absolute atomic E-state index is 0.0126. The molecule has 1 heterocycles. The second-order valence-corrected chi connectivity index (χ2v) is 4.37. The zero-order chi connectivity index (χ0) is 14.8. The maximum atomic E-state index is 12.8. The third-order valence-corrected chi connectivity index (χ3v) is 3.01. The van der Waals surface area contributed by atoms with E-state index in [2.05, 4.69) is 4.74 Å². The number of carbonyl (C=O) groups is 2. The van der Waals surface area contributed by atoms with Gasteiger partial charge in [-0.2, -0.15) is 22.0 Å². The molecule has 0 atom stereocenters. The van der Waals surface area contributed by atoms with Crippen molar-refractivity contribution in [2.45, 2.75) is 19.0 Å². The monoisotopic (exact) mass is 302 g/mol. The lowest BCUT2D eigenvalue weighted by Crippen LogP contribution is -2.43. The van der Waals surface area contributed by atoms with Gasteiger partial charge in [0, 0.05) is 0 Å². The van der Waals surface area contributed by atoms with Gasteiger partial charge in [-0.05, 0) is 19.1 Å². The molecule has 3 nitrogen and oxygen atoms in total. The first-order chi connectivity index (χ1) is 8.61. The number of esters is 1. The van der Waals surface area contributed by atoms with E-state index in [9.17, 15) is 31.5 Å². The molecule has 106 valence electrons. The zero-order valence-corrected chi connectivity index (χ0v) is 10.2. The summed E-state index contributed by atoms with van der Waals surface area (Å²) >= 11 is 0.228. The maximum Gasteiger partial charge on any atom is 0.461 e. The molecule has 0 amide bonds. The minimum atomic E-state index is -5.97. The summed E-state index contributed by atoms with van der Waals surface area (Å²) < 4.78 is 66.1. The zero-order valence-electron chi connectivity index (χ0n) is 9.38. The molecule has 0 aliphatic carbocycles. The van der Waals surface area contributed by atoms with Crippen LogP contribution in [0.25, 0.3) is 0 Å². The standard InChI is InChI=1S/C10H7F5O3S/c1-2-18-8(17)6-4-3-5(19-6)7(16)9(11,12)10(13,14)15/h3-4H,2H2,1H3. The molecule has 0 N–H and O–H groups in total. The van der Waals surface area contributed by atoms with E-state index >= 15 is 0 Å². The first kappa shape index (κ1) is 15.5. The summed E-state index contributed by atoms with van der Waals surface area (Å²) in [6.07, 6.45) is -5.97. The molecular weight excluding hydrogens is 295 g/mol. The summed E-state index contributed by atoms with van der Waals surface area (Å²) in [4.78, 5) is 21.2. The average molecular weight is 302 g/mol. The van der Waals surface area contributed by atoms with Crippen molar-refractivity contribution < 1.29 is 36.3 Å². The van der Waals surface area contributed by atoms with Crippen molar-refractivity contribution in [3.63, 3.8) is 0 Å². The van der Waals surface area contributed by atoms with Crippen LogP contribution in [0.1, 0.15) is 26.3 Å². The van der Waals surface area contributed by atoms with E-state index in [1.807, 2.05) is 0 Å². The number of ketones is 1. The molecule has 1 aromatic heterocycles. The number of ether oxygens (including phenoxy) is 1. The Morgan fingerprint density at radius 2 is 1.68 bits per heavy atom. The molecule has 0 saturated heterocycles. The highest BCUT2D eigenvalue weighted by Gasteiger charge is 2.63. The molecular formula is C10H7F5O3S. The van der Waals surface area contributed by atoms with Crippen LogP contribution >= 0.6 is 11.3 Å². The van der Waals surface area contributed by atoms with Crippen molar-refractivity contribution in [1.29, 1.82) is 0 Å². The number of rotatable bonds is 4. The second kappa shape index (κ2) is 5.24. The summed E-state index contributed by atoms with van der Waals surface area (Å²) in [5.74, 6) is -8.76. The van der Waals surface area contributed by atoms with Crippen LogP contribution in [-0.4, -0.2) is 30.5 Å². The van der Waals surface area contributed by atoms with Gasteiger partial charge in [0.05, 0.1) is 11.5 Å². The SMILES string of the molecule is CCOC(=O)c1ccc(C(=O)C(F)(F)C(F)(F)F)s1. The lowest BCUT2D eigenvalue weighted by Gasteiger charge is -2.16. The molecule has 0 radical (unpaired) electrons. The number of halogens is 5. The summed E-state index contributed by atoms with van der Waals surface area (Å²) in [6, 6.07) is 1.70. The van der Waals surface area contributed by atoms with Crippen LogP contribution in [0.5, 0.6) is 0 Å². The van der Waals surface area contributed by atoms with Gasteiger partial charge < -0.3 is 4.74 Å². The van der Waals surface area contributed by atoms with E-state index in [1.54, 1.807) is 0 Å². The lowest BCUT2D eigenvalue weighted by molar-refractivity contribution is -0.255. The number of hydrogen-bond donors (Lipinski definition) is 0. The largest absolute Gasteiger partial charge is 0.462 e. The second-order valence-electron chi connectivity index (χ2n) is 3.29. The molecule has 9 heteroatoms. The fourth-order valence-electron chi connectivity index (χ4n) is 1.06. The Kier molecular flexibility index (Phi) is 4.28. The first-order valence-corrected chi connectivity index (χ1v) is 5.69. The highest BCUT2D eigenvalue weighted by Crippen LogP contribution is 2.39. The number of hydrogen-bond acceptors (Lipinski definition) is 4. The summed E-state index contributed by atoms with van der Waals surface area (Å²) in [5.41, 5.74) is 0. The highest BCUT2D eigenvalue weighted by atomic mass is 32.1. The van der Waals surface area contributed by atoms with Crippen LogP contribution < -0.4 is 0 Å². The van der Waals surface area contributed by atoms with Crippen LogP contribution in [0.15, 0.2) is 12.1 Å². The van der Waals surface area contributed by atoms with Crippen molar-refractivity contribution in [1.82, 2.24) is 0 Å². The van der Waals surface area contributed by atoms with Crippen molar-refractivity contribution in [3.05, 3.63) is 21.9 Å². The van der Waals surface area contributed by atoms with Gasteiger partial charge in [0.25, 0.3) is 5.78 Å². The van der Waals surface area contributed by atoms with E-state index in [0.717, 1.165) is 12.1 Å². The van der Waals surface area contributed by atoms with Gasteiger partial charge >= 0.3 is 18.1 Å². The molecule has 0 saturated carbocycles. The Morgan fingerprint density at radius 1 is 1.16 bits per heavy atom. The molecule has 0 spiro atoms. The quantitative estimate of drug-likeness (QED) is 0.487. The van der Waals surface area contributed by atoms with Crippen molar-refractivity contribution in [2.75, 3.05) is 6.61 Å². The predicted octanol–water partition coefficient (Wildman–Crippen LogP) is 3.31. The number of Topliss-reactive ketones (excluding diaryl/α,β-unsaturated/α-hetero) is 1. The van der Waals surface area contributed by atoms with Gasteiger partial charge in [0.15, 0.2) is 0 Å². The predicted molar refractivity (Wildman–Crippen MR) is 55.6 cm³/mol. The van der Waals surface area contributed by atoms with Crippen molar-refractivity contribution in [3.8, 4) is 0 Å². The maximum absolute atomic E-state index is 12.8. The van der Waals surface area contributed by atoms with Gasteiger partial charge in [-0.1, -0.05) is 0 Å². The van der Waals surface area contributed by atoms with E-state index in [0.29, 0.717) is 0 Å². The third kappa shape index (κ3) is 3.09. The first-order valence-electron chi connectivity index (χ1n) is 4.87. The molecule has 0 aromatic carbocycles. The summed E-state index contributed by atoms with van der Waals surface area (Å²) in [5, 5.41) is 0. The Labute approximate surface area is 108 Å². The number of carbonyl (C=O) groups excluding carboxylic acids is 2. The van der Waals surface area contributed by atoms with Crippen LogP contribution in [0.4, 0.5) is 22.0 Å². The average Bonchev–Trinajstić information content (AvgIpc) is 2.75. The molecule has 1 aromatic rings. The van der Waals surface area contributed by atoms with Crippen LogP contribution in [0.2, 0.25) is 0 Å². The van der Waals surface area contributed by atoms with Crippen LogP contribution in [0, 0.1) is 0 Å². The smallest absolute Gasteiger partial charge is 0.461 e. The third-order valence-electron chi connectivity index (χ3n) is 1.95. The molecule has 0 unspecified atom stereocenters. The minimum Gasteiger partial charge on any atom is -0.462 e. The molecule has 19 heavy (non-hydrogen) atoms. The van der Waals surface area contributed by atoms with Gasteiger partial charge in [0.2, 0.25) is 0 Å². The van der Waals surface area contributed by atoms with E-state index in [-0.39, 0.29) is 22.8 Å². The van der Waals surface area contributed by atoms with Gasteiger partial charge in [-0.25, -0.2) is 4.79 Å². The Balaban J connectivity index is 3.00. The summed E-state index contributed by atoms with van der Waals surface area (Å²) in [7, 11) is 0. The Bertz CT molecular complexity index is 492. The fourth-order valence-corrected chi connectivity index (χ4v) is 1.93. The molecule has 0 bridgehead atoms. The van der Waals surface area contributed by atoms with E-state index < -0.39 is 28.7 Å². The Morgan fingerprint density at radius 3 is 2.16 bits per heavy atom. The number of thiophene rings is 1. The normalized spacial score (nSPS) is 12.3. The molecule has 0 aliphatic rings. The highest BCUT2D eigenvalue weighted by molar-refractivity contribution is 7.16. The van der Waals surface area contributed by atoms with Gasteiger partial charge in [-0.15, -0.1) is 11.3 Å². The lowest BCUT2D eigenvalue weighted by atomic mass is 10.2. The summed E-state index contributed by atoms with van der Waals surface area (Å²) in [6.45, 7) is 1.51. The van der Waals surface area contributed by atoms with Crippen LogP contribution in [0.3, 0.4) is 0 Å². The van der Waals surface area contributed by atoms with E-state index in [1.165, 1.54) is 6.92 Å². The van der Waals surface area contributed by atoms with Gasteiger partial charge in [-0.3, -0.25) is 4.79 Å². The molecule has 1 rings (SSSR count). The topological polar surface area (TPSA) is 43.4 Å². The molecule has 0 fully saturated rings. The number of alkyl halides is 5. The molecule has 0 aliphatic heterocycles. The Hall–Kier alpha value is -1.51. The van der Waals surface area contributed by atoms with Crippen molar-refractivity contribution in [2.24, 2.45) is 0 Å². The van der Waals surface area contributed by atoms with Crippen LogP contribution in [-0.2, 0) is 4.74 Å². The fraction of sp³-hybridized carbons (Fsp3) is 0.400.